The van der Waals surface area contributed by atoms with Crippen LogP contribution in [0.25, 0.3) is 6.08 Å². The highest BCUT2D eigenvalue weighted by atomic mass is 19.4. The molecule has 4 aromatic rings. The van der Waals surface area contributed by atoms with Crippen LogP contribution in [0.3, 0.4) is 0 Å². The minimum atomic E-state index is -5.14. The van der Waals surface area contributed by atoms with Crippen molar-refractivity contribution in [1.82, 2.24) is 0 Å². The summed E-state index contributed by atoms with van der Waals surface area (Å²) in [4.78, 5) is 27.5. The number of carbonyl (C=O) groups excluding carboxylic acids is 2. The zero-order chi connectivity index (χ0) is 55.2. The molecular weight excluding hydrogens is 1010 g/mol. The molecule has 392 valence electrons. The van der Waals surface area contributed by atoms with Gasteiger partial charge in [-0.15, -0.1) is 0 Å². The molecule has 1 heterocycles. The molecule has 4 aromatic carbocycles. The maximum absolute atomic E-state index is 15.3. The molecule has 2 atom stereocenters. The van der Waals surface area contributed by atoms with Crippen molar-refractivity contribution in [3.63, 3.8) is 0 Å². The van der Waals surface area contributed by atoms with Crippen LogP contribution in [-0.4, -0.2) is 44.4 Å². The molecule has 1 aliphatic carbocycles. The van der Waals surface area contributed by atoms with Gasteiger partial charge in [0, 0.05) is 16.8 Å². The fourth-order valence-corrected chi connectivity index (χ4v) is 8.53. The molecule has 0 radical (unpaired) electrons. The smallest absolute Gasteiger partial charge is 0.437 e. The normalized spacial score (nSPS) is 17.5. The second-order valence-corrected chi connectivity index (χ2v) is 17.7. The third kappa shape index (κ3) is 14.0. The average Bonchev–Trinajstić information content (AvgIpc) is 3.79. The highest BCUT2D eigenvalue weighted by Gasteiger charge is 2.65. The Morgan fingerprint density at radius 2 is 1.26 bits per heavy atom. The van der Waals surface area contributed by atoms with Crippen molar-refractivity contribution in [3.8, 4) is 29.7 Å². The standard InChI is InChI=1S/C56H43F9N4O7/c1-54(2)30-36(7-6-10-46-45(34-68)47(40(32-66)33-67)76-55(46,56(63,64)65)41-8-4-3-5-9-41)29-37(31-54)12-11-35-13-19-42(20-14-35)69(25-27-72-52(70)38-15-21-43(22-16-38)74-50(61)48(57)58)26-28-73-53(71)39-17-23-44(24-18-39)75-51(62)49(59)60/h3-24,37H,25-31H2,1-2H3/b10-6+,12-11+,36-7-. The molecule has 20 heteroatoms. The summed E-state index contributed by atoms with van der Waals surface area (Å²) in [6.45, 7) is 3.85. The van der Waals surface area contributed by atoms with Gasteiger partial charge in [-0.1, -0.05) is 92.3 Å². The zero-order valence-corrected chi connectivity index (χ0v) is 40.3. The van der Waals surface area contributed by atoms with Crippen LogP contribution in [-0.2, 0) is 19.8 Å². The largest absolute Gasteiger partial charge is 0.465 e. The Morgan fingerprint density at radius 1 is 0.737 bits per heavy atom. The Morgan fingerprint density at radius 3 is 1.74 bits per heavy atom. The highest BCUT2D eigenvalue weighted by Crippen LogP contribution is 2.56. The third-order valence-electron chi connectivity index (χ3n) is 11.8. The van der Waals surface area contributed by atoms with Gasteiger partial charge in [0.1, 0.15) is 48.5 Å². The average molecular weight is 1050 g/mol. The van der Waals surface area contributed by atoms with E-state index in [1.807, 2.05) is 24.3 Å². The molecular formula is C56H43F9N4O7. The van der Waals surface area contributed by atoms with Crippen molar-refractivity contribution in [2.75, 3.05) is 31.2 Å². The third-order valence-corrected chi connectivity index (χ3v) is 11.8. The van der Waals surface area contributed by atoms with Crippen molar-refractivity contribution in [2.45, 2.75) is 44.9 Å². The lowest BCUT2D eigenvalue weighted by molar-refractivity contribution is -0.249. The molecule has 76 heavy (non-hydrogen) atoms. The molecule has 1 saturated carbocycles. The fourth-order valence-electron chi connectivity index (χ4n) is 8.53. The summed E-state index contributed by atoms with van der Waals surface area (Å²) in [5.41, 5.74) is -3.45. The number of nitriles is 3. The summed E-state index contributed by atoms with van der Waals surface area (Å²) < 4.78 is 147. The lowest BCUT2D eigenvalue weighted by atomic mass is 9.70. The van der Waals surface area contributed by atoms with Gasteiger partial charge < -0.3 is 28.6 Å². The number of alkyl halides is 3. The van der Waals surface area contributed by atoms with Crippen LogP contribution >= 0.6 is 0 Å². The Kier molecular flexibility index (Phi) is 18.4. The molecule has 0 aromatic heterocycles. The molecule has 0 saturated heterocycles. The predicted molar refractivity (Wildman–Crippen MR) is 258 cm³/mol. The van der Waals surface area contributed by atoms with Gasteiger partial charge in [-0.25, -0.2) is 9.59 Å². The van der Waals surface area contributed by atoms with E-state index < -0.39 is 70.4 Å². The lowest BCUT2D eigenvalue weighted by Gasteiger charge is -2.36. The Labute approximate surface area is 430 Å². The zero-order valence-electron chi connectivity index (χ0n) is 40.3. The molecule has 11 nitrogen and oxygen atoms in total. The Bertz CT molecular complexity index is 3030. The molecule has 1 fully saturated rings. The number of hydrogen-bond donors (Lipinski definition) is 0. The van der Waals surface area contributed by atoms with Crippen molar-refractivity contribution < 1.29 is 72.8 Å². The molecule has 6 rings (SSSR count). The molecule has 0 N–H and O–H groups in total. The van der Waals surface area contributed by atoms with E-state index in [1.54, 1.807) is 29.2 Å². The van der Waals surface area contributed by atoms with Crippen LogP contribution in [0.5, 0.6) is 11.5 Å². The quantitative estimate of drug-likeness (QED) is 0.0405. The number of carbonyl (C=O) groups is 2. The number of benzene rings is 4. The van der Waals surface area contributed by atoms with Crippen molar-refractivity contribution >= 4 is 23.7 Å². The number of rotatable bonds is 18. The van der Waals surface area contributed by atoms with Crippen LogP contribution in [0, 0.1) is 45.3 Å². The van der Waals surface area contributed by atoms with Gasteiger partial charge in [0.15, 0.2) is 11.3 Å². The summed E-state index contributed by atoms with van der Waals surface area (Å²) >= 11 is 0. The topological polar surface area (TPSA) is 155 Å². The summed E-state index contributed by atoms with van der Waals surface area (Å²) in [5, 5.41) is 29.3. The number of esters is 2. The van der Waals surface area contributed by atoms with E-state index in [9.17, 15) is 51.7 Å². The van der Waals surface area contributed by atoms with Gasteiger partial charge >= 0.3 is 42.3 Å². The van der Waals surface area contributed by atoms with Crippen LogP contribution in [0.4, 0.5) is 45.2 Å². The summed E-state index contributed by atoms with van der Waals surface area (Å²) in [5.74, 6) is -2.98. The molecule has 1 aliphatic heterocycles. The maximum atomic E-state index is 15.3. The van der Waals surface area contributed by atoms with Crippen molar-refractivity contribution in [3.05, 3.63) is 202 Å². The van der Waals surface area contributed by atoms with E-state index in [1.165, 1.54) is 72.8 Å². The van der Waals surface area contributed by atoms with Gasteiger partial charge in [0.05, 0.1) is 24.2 Å². The minimum absolute atomic E-state index is 0.00120. The number of nitrogens with zero attached hydrogens (tertiary/aromatic N) is 4. The number of anilines is 1. The van der Waals surface area contributed by atoms with E-state index in [4.69, 9.17) is 14.2 Å². The van der Waals surface area contributed by atoms with Crippen LogP contribution < -0.4 is 14.4 Å². The Hall–Kier alpha value is -8.96. The lowest BCUT2D eigenvalue weighted by Crippen LogP contribution is -2.43. The molecule has 2 unspecified atom stereocenters. The van der Waals surface area contributed by atoms with Gasteiger partial charge in [0.2, 0.25) is 0 Å². The monoisotopic (exact) mass is 1050 g/mol. The van der Waals surface area contributed by atoms with E-state index in [0.29, 0.717) is 18.5 Å². The second kappa shape index (κ2) is 24.8. The predicted octanol–water partition coefficient (Wildman–Crippen LogP) is 14.0. The first-order valence-corrected chi connectivity index (χ1v) is 22.9. The minimum Gasteiger partial charge on any atom is -0.465 e. The summed E-state index contributed by atoms with van der Waals surface area (Å²) in [7, 11) is 0. The summed E-state index contributed by atoms with van der Waals surface area (Å²) in [6, 6.07) is 23.5. The second-order valence-electron chi connectivity index (χ2n) is 17.7. The molecule has 0 bridgehead atoms. The number of allylic oxidation sites excluding steroid dienone is 6. The molecule has 0 spiro atoms. The van der Waals surface area contributed by atoms with Crippen molar-refractivity contribution in [2.24, 2.45) is 11.3 Å². The van der Waals surface area contributed by atoms with Gasteiger partial charge in [-0.05, 0) is 96.8 Å². The van der Waals surface area contributed by atoms with Crippen LogP contribution in [0.1, 0.15) is 65.0 Å². The van der Waals surface area contributed by atoms with Crippen molar-refractivity contribution in [1.29, 1.82) is 15.8 Å². The van der Waals surface area contributed by atoms with E-state index >= 15 is 13.2 Å². The first-order valence-electron chi connectivity index (χ1n) is 22.9. The maximum Gasteiger partial charge on any atom is 0.437 e. The van der Waals surface area contributed by atoms with Crippen LogP contribution in [0.2, 0.25) is 0 Å². The Balaban J connectivity index is 1.18. The molecule has 2 aliphatic rings. The highest BCUT2D eigenvalue weighted by molar-refractivity contribution is 5.90. The SMILES string of the molecule is CC1(C)C/C(=C\C=C\C2=C(C#N)C(=C(C#N)C#N)OC2(c2ccccc2)C(F)(F)F)CC(/C=C/c2ccc(N(CCOC(=O)c3ccc(OC(F)=C(F)F)cc3)CCOC(=O)c3ccc(OC(F)=C(F)F)cc3)cc2)C1. The first-order chi connectivity index (χ1) is 36.2. The fraction of sp³-hybridized carbons (Fsp3) is 0.232. The van der Waals surface area contributed by atoms with E-state index in [2.05, 4.69) is 23.3 Å². The number of ether oxygens (including phenoxy) is 5. The first kappa shape index (κ1) is 56.3. The van der Waals surface area contributed by atoms with Crippen LogP contribution in [0.15, 0.2) is 180 Å². The number of hydrogen-bond acceptors (Lipinski definition) is 11. The van der Waals surface area contributed by atoms with Gasteiger partial charge in [-0.2, -0.15) is 55.3 Å². The molecule has 0 amide bonds. The van der Waals surface area contributed by atoms with E-state index in [0.717, 1.165) is 47.9 Å². The summed E-state index contributed by atoms with van der Waals surface area (Å²) in [6.07, 6.45) is -0.380. The van der Waals surface area contributed by atoms with Gasteiger partial charge in [-0.3, -0.25) is 0 Å². The van der Waals surface area contributed by atoms with E-state index in [-0.39, 0.29) is 65.8 Å². The number of halogens is 9. The van der Waals surface area contributed by atoms with Gasteiger partial charge in [0.25, 0.3) is 5.60 Å².